The highest BCUT2D eigenvalue weighted by Gasteiger charge is 2.29. The molecule has 1 atom stereocenters. The zero-order chi connectivity index (χ0) is 19.3. The molecule has 2 aromatic rings. The highest BCUT2D eigenvalue weighted by Crippen LogP contribution is 2.27. The van der Waals surface area contributed by atoms with Gasteiger partial charge in [0.1, 0.15) is 0 Å². The van der Waals surface area contributed by atoms with E-state index in [-0.39, 0.29) is 17.5 Å². The van der Waals surface area contributed by atoms with E-state index in [9.17, 15) is 4.79 Å². The van der Waals surface area contributed by atoms with E-state index < -0.39 is 0 Å². The molecule has 140 valence electrons. The van der Waals surface area contributed by atoms with Gasteiger partial charge in [-0.1, -0.05) is 56.3 Å². The van der Waals surface area contributed by atoms with Crippen LogP contribution in [0.4, 0.5) is 10.5 Å². The summed E-state index contributed by atoms with van der Waals surface area (Å²) in [5.41, 5.74) is 3.34. The first kappa shape index (κ1) is 19.8. The molecule has 2 aromatic carbocycles. The quantitative estimate of drug-likeness (QED) is 0.842. The van der Waals surface area contributed by atoms with Crippen molar-refractivity contribution in [3.05, 3.63) is 65.7 Å². The van der Waals surface area contributed by atoms with E-state index in [1.165, 1.54) is 5.56 Å². The first-order valence-corrected chi connectivity index (χ1v) is 9.05. The van der Waals surface area contributed by atoms with Crippen LogP contribution in [0.5, 0.6) is 0 Å². The Morgan fingerprint density at radius 2 is 1.58 bits per heavy atom. The van der Waals surface area contributed by atoms with Crippen molar-refractivity contribution >= 4 is 11.7 Å². The van der Waals surface area contributed by atoms with E-state index in [1.54, 1.807) is 4.90 Å². The van der Waals surface area contributed by atoms with Crippen molar-refractivity contribution in [3.8, 4) is 0 Å². The Morgan fingerprint density at radius 3 is 2.12 bits per heavy atom. The largest absolute Gasteiger partial charge is 0.378 e. The number of carbonyl (C=O) groups excluding carboxylic acids is 1. The minimum Gasteiger partial charge on any atom is -0.378 e. The lowest BCUT2D eigenvalue weighted by molar-refractivity contribution is 0.197. The summed E-state index contributed by atoms with van der Waals surface area (Å²) in [4.78, 5) is 16.4. The van der Waals surface area contributed by atoms with E-state index in [2.05, 4.69) is 67.4 Å². The second-order valence-electron chi connectivity index (χ2n) is 7.68. The lowest BCUT2D eigenvalue weighted by Gasteiger charge is -2.34. The topological polar surface area (TPSA) is 35.6 Å². The van der Waals surface area contributed by atoms with Gasteiger partial charge >= 0.3 is 6.03 Å². The van der Waals surface area contributed by atoms with Crippen LogP contribution in [0, 0.1) is 0 Å². The number of carbonyl (C=O) groups is 1. The van der Waals surface area contributed by atoms with Crippen molar-refractivity contribution in [2.24, 2.45) is 0 Å². The molecule has 0 saturated heterocycles. The lowest BCUT2D eigenvalue weighted by Crippen LogP contribution is -2.49. The van der Waals surface area contributed by atoms with Crippen molar-refractivity contribution in [1.82, 2.24) is 10.2 Å². The molecule has 0 bridgehead atoms. The van der Waals surface area contributed by atoms with Crippen LogP contribution in [-0.4, -0.2) is 38.1 Å². The molecule has 0 saturated carbocycles. The monoisotopic (exact) mass is 353 g/mol. The molecule has 26 heavy (non-hydrogen) atoms. The summed E-state index contributed by atoms with van der Waals surface area (Å²) in [5, 5.41) is 3.15. The Kier molecular flexibility index (Phi) is 6.30. The summed E-state index contributed by atoms with van der Waals surface area (Å²) < 4.78 is 0. The second kappa shape index (κ2) is 8.26. The summed E-state index contributed by atoms with van der Waals surface area (Å²) in [6.07, 6.45) is 0. The van der Waals surface area contributed by atoms with E-state index in [0.717, 1.165) is 11.3 Å². The fourth-order valence-corrected chi connectivity index (χ4v) is 2.84. The van der Waals surface area contributed by atoms with Crippen LogP contribution in [0.15, 0.2) is 54.6 Å². The molecule has 0 fully saturated rings. The summed E-state index contributed by atoms with van der Waals surface area (Å²) in [6, 6.07) is 18.5. The second-order valence-corrected chi connectivity index (χ2v) is 7.68. The standard InChI is InChI=1S/C22H31N3O/c1-17(22(2,3)19-10-8-7-9-11-19)23-21(26)25(6)16-18-12-14-20(15-13-18)24(4)5/h7-15,17H,16H2,1-6H3,(H,23,26)/t17-/m0/s1. The van der Waals surface area contributed by atoms with Gasteiger partial charge in [0.15, 0.2) is 0 Å². The molecule has 0 radical (unpaired) electrons. The smallest absolute Gasteiger partial charge is 0.317 e. The third kappa shape index (κ3) is 4.78. The van der Waals surface area contributed by atoms with Crippen molar-refractivity contribution in [2.45, 2.75) is 38.8 Å². The molecule has 1 N–H and O–H groups in total. The van der Waals surface area contributed by atoms with E-state index in [4.69, 9.17) is 0 Å². The molecule has 0 spiro atoms. The first-order chi connectivity index (χ1) is 12.2. The van der Waals surface area contributed by atoms with Crippen molar-refractivity contribution in [3.63, 3.8) is 0 Å². The SMILES string of the molecule is C[C@H](NC(=O)N(C)Cc1ccc(N(C)C)cc1)C(C)(C)c1ccccc1. The van der Waals surface area contributed by atoms with Crippen LogP contribution in [-0.2, 0) is 12.0 Å². The number of hydrogen-bond donors (Lipinski definition) is 1. The Hall–Kier alpha value is -2.49. The minimum absolute atomic E-state index is 0.0102. The highest BCUT2D eigenvalue weighted by molar-refractivity contribution is 5.74. The summed E-state index contributed by atoms with van der Waals surface area (Å²) in [5.74, 6) is 0. The zero-order valence-corrected chi connectivity index (χ0v) is 16.8. The van der Waals surface area contributed by atoms with Crippen molar-refractivity contribution in [1.29, 1.82) is 0 Å². The molecular weight excluding hydrogens is 322 g/mol. The predicted molar refractivity (Wildman–Crippen MR) is 110 cm³/mol. The van der Waals surface area contributed by atoms with Crippen molar-refractivity contribution in [2.75, 3.05) is 26.0 Å². The number of amides is 2. The average molecular weight is 354 g/mol. The number of urea groups is 1. The van der Waals surface area contributed by atoms with Gasteiger partial charge in [-0.3, -0.25) is 0 Å². The molecule has 0 aromatic heterocycles. The Morgan fingerprint density at radius 1 is 1.00 bits per heavy atom. The van der Waals surface area contributed by atoms with Gasteiger partial charge in [-0.15, -0.1) is 0 Å². The molecule has 0 aliphatic heterocycles. The molecule has 0 unspecified atom stereocenters. The number of nitrogens with one attached hydrogen (secondary N) is 1. The lowest BCUT2D eigenvalue weighted by atomic mass is 9.78. The van der Waals surface area contributed by atoms with Crippen LogP contribution >= 0.6 is 0 Å². The zero-order valence-electron chi connectivity index (χ0n) is 16.8. The third-order valence-corrected chi connectivity index (χ3v) is 5.16. The van der Waals surface area contributed by atoms with Crippen molar-refractivity contribution < 1.29 is 4.79 Å². The maximum Gasteiger partial charge on any atom is 0.317 e. The highest BCUT2D eigenvalue weighted by atomic mass is 16.2. The number of nitrogens with zero attached hydrogens (tertiary/aromatic N) is 2. The number of hydrogen-bond acceptors (Lipinski definition) is 2. The number of benzene rings is 2. The van der Waals surface area contributed by atoms with Crippen LogP contribution in [0.3, 0.4) is 0 Å². The van der Waals surface area contributed by atoms with Crippen LogP contribution in [0.1, 0.15) is 31.9 Å². The molecule has 4 nitrogen and oxygen atoms in total. The fraction of sp³-hybridized carbons (Fsp3) is 0.409. The molecule has 2 rings (SSSR count). The van der Waals surface area contributed by atoms with Gasteiger partial charge < -0.3 is 15.1 Å². The number of anilines is 1. The normalized spacial score (nSPS) is 12.4. The van der Waals surface area contributed by atoms with Crippen LogP contribution in [0.25, 0.3) is 0 Å². The van der Waals surface area contributed by atoms with Gasteiger partial charge in [0, 0.05) is 44.8 Å². The maximum absolute atomic E-state index is 12.6. The Balaban J connectivity index is 1.97. The number of rotatable bonds is 6. The predicted octanol–water partition coefficient (Wildman–Crippen LogP) is 4.26. The van der Waals surface area contributed by atoms with Gasteiger partial charge in [-0.25, -0.2) is 4.79 Å². The Bertz CT molecular complexity index is 708. The molecule has 4 heteroatoms. The molecule has 0 heterocycles. The van der Waals surface area contributed by atoms with Crippen LogP contribution < -0.4 is 10.2 Å². The Labute approximate surface area is 157 Å². The van der Waals surface area contributed by atoms with Gasteiger partial charge in [0.25, 0.3) is 0 Å². The summed E-state index contributed by atoms with van der Waals surface area (Å²) in [6.45, 7) is 6.96. The van der Waals surface area contributed by atoms with Crippen LogP contribution in [0.2, 0.25) is 0 Å². The van der Waals surface area contributed by atoms with E-state index in [0.29, 0.717) is 6.54 Å². The molecule has 0 aliphatic rings. The van der Waals surface area contributed by atoms with Gasteiger partial charge in [-0.2, -0.15) is 0 Å². The molecular formula is C22H31N3O. The van der Waals surface area contributed by atoms with E-state index in [1.807, 2.05) is 39.3 Å². The maximum atomic E-state index is 12.6. The average Bonchev–Trinajstić information content (AvgIpc) is 2.62. The first-order valence-electron chi connectivity index (χ1n) is 9.05. The minimum atomic E-state index is -0.148. The summed E-state index contributed by atoms with van der Waals surface area (Å²) in [7, 11) is 5.87. The van der Waals surface area contributed by atoms with E-state index >= 15 is 0 Å². The molecule has 0 aliphatic carbocycles. The fourth-order valence-electron chi connectivity index (χ4n) is 2.84. The van der Waals surface area contributed by atoms with Gasteiger partial charge in [-0.05, 0) is 30.2 Å². The van der Waals surface area contributed by atoms with Gasteiger partial charge in [0.2, 0.25) is 0 Å². The summed E-state index contributed by atoms with van der Waals surface area (Å²) >= 11 is 0. The van der Waals surface area contributed by atoms with Gasteiger partial charge in [0.05, 0.1) is 0 Å². The molecule has 2 amide bonds. The third-order valence-electron chi connectivity index (χ3n) is 5.16.